The van der Waals surface area contributed by atoms with Gasteiger partial charge in [0.05, 0.1) is 6.33 Å². The van der Waals surface area contributed by atoms with E-state index < -0.39 is 0 Å². The van der Waals surface area contributed by atoms with Gasteiger partial charge in [-0.2, -0.15) is 0 Å². The van der Waals surface area contributed by atoms with Crippen molar-refractivity contribution in [1.82, 2.24) is 9.97 Å². The zero-order chi connectivity index (χ0) is 9.80. The van der Waals surface area contributed by atoms with Gasteiger partial charge in [0.25, 0.3) is 0 Å². The van der Waals surface area contributed by atoms with Crippen LogP contribution in [-0.4, -0.2) is 16.3 Å². The van der Waals surface area contributed by atoms with E-state index in [0.717, 1.165) is 24.3 Å². The summed E-state index contributed by atoms with van der Waals surface area (Å²) in [5.74, 6) is 0.873. The highest BCUT2D eigenvalue weighted by molar-refractivity contribution is 5.73. The maximum Gasteiger partial charge on any atom is 0.170 e. The molecule has 3 heteroatoms. The summed E-state index contributed by atoms with van der Waals surface area (Å²) in [6.07, 6.45) is 10.1. The average molecular weight is 192 g/mol. The molecule has 3 nitrogen and oxygen atoms in total. The summed E-state index contributed by atoms with van der Waals surface area (Å²) in [7, 11) is 0. The highest BCUT2D eigenvalue weighted by atomic mass is 16.1. The number of aryl methyl sites for hydroxylation is 1. The molecule has 1 fully saturated rings. The van der Waals surface area contributed by atoms with Crippen LogP contribution in [0.15, 0.2) is 6.33 Å². The molecule has 1 aromatic rings. The molecule has 1 aliphatic rings. The molecule has 0 unspecified atom stereocenters. The van der Waals surface area contributed by atoms with E-state index in [-0.39, 0.29) is 0 Å². The number of hydrogen-bond donors (Lipinski definition) is 1. The van der Waals surface area contributed by atoms with Crippen LogP contribution in [0.3, 0.4) is 0 Å². The average Bonchev–Trinajstić information content (AvgIpc) is 2.85. The standard InChI is InChI=1S/C11H16N2O/c14-7-11-10(12-8-13-11)6-5-9-3-1-2-4-9/h7-9H,1-6H2,(H,12,13). The van der Waals surface area contributed by atoms with Crippen molar-refractivity contribution in [2.24, 2.45) is 5.92 Å². The van der Waals surface area contributed by atoms with Gasteiger partial charge in [0.15, 0.2) is 6.29 Å². The van der Waals surface area contributed by atoms with Crippen LogP contribution < -0.4 is 0 Å². The van der Waals surface area contributed by atoms with Crippen molar-refractivity contribution in [3.05, 3.63) is 17.7 Å². The Labute approximate surface area is 83.9 Å². The number of nitrogens with zero attached hydrogens (tertiary/aromatic N) is 1. The molecule has 1 aliphatic carbocycles. The second-order valence-corrected chi connectivity index (χ2v) is 4.07. The lowest BCUT2D eigenvalue weighted by molar-refractivity contribution is 0.111. The summed E-state index contributed by atoms with van der Waals surface area (Å²) in [6, 6.07) is 0. The minimum Gasteiger partial charge on any atom is -0.348 e. The zero-order valence-electron chi connectivity index (χ0n) is 8.33. The van der Waals surface area contributed by atoms with Crippen molar-refractivity contribution in [2.45, 2.75) is 38.5 Å². The van der Waals surface area contributed by atoms with E-state index in [4.69, 9.17) is 0 Å². The van der Waals surface area contributed by atoms with E-state index in [1.165, 1.54) is 32.1 Å². The van der Waals surface area contributed by atoms with Crippen LogP contribution in [0.25, 0.3) is 0 Å². The first-order valence-corrected chi connectivity index (χ1v) is 5.37. The molecule has 0 spiro atoms. The molecular weight excluding hydrogens is 176 g/mol. The van der Waals surface area contributed by atoms with Crippen LogP contribution in [0.5, 0.6) is 0 Å². The van der Waals surface area contributed by atoms with Gasteiger partial charge < -0.3 is 4.98 Å². The lowest BCUT2D eigenvalue weighted by Gasteiger charge is -2.06. The van der Waals surface area contributed by atoms with Crippen molar-refractivity contribution in [2.75, 3.05) is 0 Å². The predicted octanol–water partition coefficient (Wildman–Crippen LogP) is 2.35. The zero-order valence-corrected chi connectivity index (χ0v) is 8.33. The van der Waals surface area contributed by atoms with Gasteiger partial charge in [-0.3, -0.25) is 4.79 Å². The van der Waals surface area contributed by atoms with E-state index in [9.17, 15) is 4.79 Å². The van der Waals surface area contributed by atoms with Crippen molar-refractivity contribution in [3.63, 3.8) is 0 Å². The van der Waals surface area contributed by atoms with E-state index >= 15 is 0 Å². The Kier molecular flexibility index (Phi) is 2.96. The topological polar surface area (TPSA) is 45.8 Å². The molecule has 0 radical (unpaired) electrons. The predicted molar refractivity (Wildman–Crippen MR) is 54.3 cm³/mol. The number of carbonyl (C=O) groups is 1. The first-order valence-electron chi connectivity index (χ1n) is 5.37. The molecule has 0 saturated heterocycles. The number of hydrogen-bond acceptors (Lipinski definition) is 2. The van der Waals surface area contributed by atoms with Crippen LogP contribution in [0, 0.1) is 5.92 Å². The quantitative estimate of drug-likeness (QED) is 0.744. The number of aromatic amines is 1. The van der Waals surface area contributed by atoms with E-state index in [1.54, 1.807) is 6.33 Å². The van der Waals surface area contributed by atoms with Gasteiger partial charge in [-0.1, -0.05) is 25.7 Å². The third-order valence-electron chi connectivity index (χ3n) is 3.14. The largest absolute Gasteiger partial charge is 0.348 e. The third-order valence-corrected chi connectivity index (χ3v) is 3.14. The summed E-state index contributed by atoms with van der Waals surface area (Å²) in [6.45, 7) is 0. The molecule has 14 heavy (non-hydrogen) atoms. The Morgan fingerprint density at radius 1 is 1.50 bits per heavy atom. The molecule has 0 amide bonds. The van der Waals surface area contributed by atoms with Gasteiger partial charge in [0.1, 0.15) is 5.69 Å². The van der Waals surface area contributed by atoms with Crippen LogP contribution in [0.4, 0.5) is 0 Å². The summed E-state index contributed by atoms with van der Waals surface area (Å²) in [5.41, 5.74) is 1.59. The van der Waals surface area contributed by atoms with Crippen LogP contribution in [-0.2, 0) is 6.42 Å². The molecule has 1 saturated carbocycles. The Morgan fingerprint density at radius 3 is 3.00 bits per heavy atom. The van der Waals surface area contributed by atoms with Gasteiger partial charge in [-0.05, 0) is 18.8 Å². The third kappa shape index (κ3) is 2.03. The fraction of sp³-hybridized carbons (Fsp3) is 0.636. The Bertz CT molecular complexity index is 300. The molecule has 0 aromatic carbocycles. The van der Waals surface area contributed by atoms with E-state index in [0.29, 0.717) is 5.69 Å². The summed E-state index contributed by atoms with van der Waals surface area (Å²) >= 11 is 0. The fourth-order valence-electron chi connectivity index (χ4n) is 2.28. The first kappa shape index (κ1) is 9.44. The lowest BCUT2D eigenvalue weighted by Crippen LogP contribution is -1.99. The van der Waals surface area contributed by atoms with Crippen LogP contribution in [0.2, 0.25) is 0 Å². The van der Waals surface area contributed by atoms with Crippen LogP contribution in [0.1, 0.15) is 48.3 Å². The Hall–Kier alpha value is -1.12. The monoisotopic (exact) mass is 192 g/mol. The minimum absolute atomic E-state index is 0.586. The molecule has 1 heterocycles. The molecule has 0 bridgehead atoms. The number of nitrogens with one attached hydrogen (secondary N) is 1. The maximum atomic E-state index is 10.6. The second kappa shape index (κ2) is 4.40. The van der Waals surface area contributed by atoms with Gasteiger partial charge in [-0.15, -0.1) is 0 Å². The molecule has 1 N–H and O–H groups in total. The number of H-pyrrole nitrogens is 1. The van der Waals surface area contributed by atoms with Gasteiger partial charge in [-0.25, -0.2) is 4.98 Å². The van der Waals surface area contributed by atoms with Crippen molar-refractivity contribution in [3.8, 4) is 0 Å². The Balaban J connectivity index is 1.87. The van der Waals surface area contributed by atoms with Crippen molar-refractivity contribution in [1.29, 1.82) is 0 Å². The van der Waals surface area contributed by atoms with Crippen LogP contribution >= 0.6 is 0 Å². The molecule has 0 aliphatic heterocycles. The van der Waals surface area contributed by atoms with E-state index in [1.807, 2.05) is 0 Å². The number of carbonyl (C=O) groups excluding carboxylic acids is 1. The normalized spacial score (nSPS) is 17.4. The Morgan fingerprint density at radius 2 is 2.29 bits per heavy atom. The van der Waals surface area contributed by atoms with Gasteiger partial charge >= 0.3 is 0 Å². The van der Waals surface area contributed by atoms with Gasteiger partial charge in [0.2, 0.25) is 0 Å². The molecule has 2 rings (SSSR count). The number of imidazole rings is 1. The van der Waals surface area contributed by atoms with Crippen molar-refractivity contribution >= 4 is 6.29 Å². The molecular formula is C11H16N2O. The first-order chi connectivity index (χ1) is 6.90. The SMILES string of the molecule is O=Cc1nc[nH]c1CCC1CCCC1. The number of rotatable bonds is 4. The summed E-state index contributed by atoms with van der Waals surface area (Å²) in [5, 5.41) is 0. The highest BCUT2D eigenvalue weighted by Gasteiger charge is 2.15. The second-order valence-electron chi connectivity index (χ2n) is 4.07. The van der Waals surface area contributed by atoms with E-state index in [2.05, 4.69) is 9.97 Å². The lowest BCUT2D eigenvalue weighted by atomic mass is 10.0. The summed E-state index contributed by atoms with van der Waals surface area (Å²) in [4.78, 5) is 17.6. The minimum atomic E-state index is 0.586. The fourth-order valence-corrected chi connectivity index (χ4v) is 2.28. The van der Waals surface area contributed by atoms with Gasteiger partial charge in [0, 0.05) is 5.69 Å². The summed E-state index contributed by atoms with van der Waals surface area (Å²) < 4.78 is 0. The molecule has 76 valence electrons. The molecule has 1 aromatic heterocycles. The van der Waals surface area contributed by atoms with Crippen molar-refractivity contribution < 1.29 is 4.79 Å². The smallest absolute Gasteiger partial charge is 0.170 e. The number of aldehydes is 1. The maximum absolute atomic E-state index is 10.6. The molecule has 0 atom stereocenters. The highest BCUT2D eigenvalue weighted by Crippen LogP contribution is 2.28. The number of aromatic nitrogens is 2.